The predicted molar refractivity (Wildman–Crippen MR) is 151 cm³/mol. The number of thiocarbonyl (C=S) groups is 1. The lowest BCUT2D eigenvalue weighted by Crippen LogP contribution is -2.29. The third-order valence-electron chi connectivity index (χ3n) is 6.22. The normalized spacial score (nSPS) is 17.2. The highest BCUT2D eigenvalue weighted by molar-refractivity contribution is 7.80. The second-order valence-corrected chi connectivity index (χ2v) is 9.84. The summed E-state index contributed by atoms with van der Waals surface area (Å²) in [7, 11) is 1.63. The summed E-state index contributed by atoms with van der Waals surface area (Å²) in [5.74, 6) is 2.04. The van der Waals surface area contributed by atoms with Crippen molar-refractivity contribution in [2.24, 2.45) is 0 Å². The van der Waals surface area contributed by atoms with Crippen LogP contribution in [0.4, 0.5) is 5.69 Å². The molecule has 1 fully saturated rings. The minimum atomic E-state index is -0.313. The fourth-order valence-electron chi connectivity index (χ4n) is 4.43. The number of methoxy groups -OCH3 is 1. The summed E-state index contributed by atoms with van der Waals surface area (Å²) in [6, 6.07) is 20.6. The average Bonchev–Trinajstić information content (AvgIpc) is 3.51. The van der Waals surface area contributed by atoms with Gasteiger partial charge < -0.3 is 24.1 Å². The minimum Gasteiger partial charge on any atom is -0.490 e. The molecular formula is C28H25Cl2N3O3S. The van der Waals surface area contributed by atoms with E-state index in [1.54, 1.807) is 13.3 Å². The van der Waals surface area contributed by atoms with Crippen molar-refractivity contribution in [1.82, 2.24) is 10.3 Å². The van der Waals surface area contributed by atoms with E-state index in [0.29, 0.717) is 34.1 Å². The van der Waals surface area contributed by atoms with Crippen molar-refractivity contribution in [3.8, 4) is 17.1 Å². The van der Waals surface area contributed by atoms with Gasteiger partial charge in [-0.1, -0.05) is 35.3 Å². The second-order valence-electron chi connectivity index (χ2n) is 8.61. The number of aryl methyl sites for hydroxylation is 1. The fraction of sp³-hybridized carbons (Fsp3) is 0.214. The van der Waals surface area contributed by atoms with Crippen molar-refractivity contribution >= 4 is 46.2 Å². The van der Waals surface area contributed by atoms with E-state index >= 15 is 0 Å². The molecule has 1 aliphatic heterocycles. The van der Waals surface area contributed by atoms with E-state index in [2.05, 4.69) is 10.3 Å². The molecule has 3 heterocycles. The van der Waals surface area contributed by atoms with E-state index in [1.807, 2.05) is 78.6 Å². The summed E-state index contributed by atoms with van der Waals surface area (Å²) >= 11 is 18.7. The lowest BCUT2D eigenvalue weighted by Gasteiger charge is -2.26. The summed E-state index contributed by atoms with van der Waals surface area (Å²) in [5, 5.41) is 5.11. The van der Waals surface area contributed by atoms with Gasteiger partial charge in [-0.15, -0.1) is 0 Å². The van der Waals surface area contributed by atoms with Gasteiger partial charge in [0.25, 0.3) is 0 Å². The van der Waals surface area contributed by atoms with Crippen molar-refractivity contribution in [3.05, 3.63) is 100.0 Å². The smallest absolute Gasteiger partial charge is 0.174 e. The van der Waals surface area contributed by atoms with Crippen LogP contribution in [0.15, 0.2) is 77.3 Å². The molecule has 5 rings (SSSR count). The van der Waals surface area contributed by atoms with Crippen LogP contribution in [-0.2, 0) is 4.74 Å². The number of rotatable bonds is 8. The van der Waals surface area contributed by atoms with Crippen LogP contribution < -0.4 is 15.0 Å². The summed E-state index contributed by atoms with van der Waals surface area (Å²) < 4.78 is 17.3. The Balaban J connectivity index is 1.55. The zero-order valence-electron chi connectivity index (χ0n) is 20.3. The Hall–Kier alpha value is -3.10. The number of nitrogens with zero attached hydrogens (tertiary/aromatic N) is 2. The van der Waals surface area contributed by atoms with Crippen LogP contribution in [0.5, 0.6) is 5.75 Å². The van der Waals surface area contributed by atoms with E-state index in [-0.39, 0.29) is 12.1 Å². The van der Waals surface area contributed by atoms with Crippen LogP contribution in [0, 0.1) is 6.92 Å². The van der Waals surface area contributed by atoms with Crippen LogP contribution in [0.1, 0.15) is 29.1 Å². The van der Waals surface area contributed by atoms with Gasteiger partial charge in [0.05, 0.1) is 23.4 Å². The average molecular weight is 554 g/mol. The molecule has 6 nitrogen and oxygen atoms in total. The Morgan fingerprint density at radius 3 is 2.68 bits per heavy atom. The topological polar surface area (TPSA) is 59.8 Å². The maximum Gasteiger partial charge on any atom is 0.174 e. The quantitative estimate of drug-likeness (QED) is 0.183. The monoisotopic (exact) mass is 553 g/mol. The first kappa shape index (κ1) is 25.5. The van der Waals surface area contributed by atoms with Gasteiger partial charge in [-0.3, -0.25) is 4.98 Å². The molecule has 1 aliphatic rings. The first-order chi connectivity index (χ1) is 18.0. The van der Waals surface area contributed by atoms with Crippen molar-refractivity contribution in [1.29, 1.82) is 0 Å². The third kappa shape index (κ3) is 5.31. The number of benzene rings is 2. The van der Waals surface area contributed by atoms with Gasteiger partial charge in [0.2, 0.25) is 0 Å². The zero-order valence-corrected chi connectivity index (χ0v) is 22.6. The number of nitrogens with one attached hydrogen (secondary N) is 1. The predicted octanol–water partition coefficient (Wildman–Crippen LogP) is 7.16. The van der Waals surface area contributed by atoms with Crippen LogP contribution >= 0.6 is 35.4 Å². The minimum absolute atomic E-state index is 0.246. The maximum absolute atomic E-state index is 6.59. The lowest BCUT2D eigenvalue weighted by atomic mass is 10.0. The van der Waals surface area contributed by atoms with Gasteiger partial charge in [-0.05, 0) is 79.3 Å². The van der Waals surface area contributed by atoms with Crippen LogP contribution in [-0.4, -0.2) is 30.4 Å². The molecule has 9 heteroatoms. The number of halogens is 2. The SMILES string of the molecule is COCCOc1ccc(N2C(=S)NC(c3ccccn3)C2c2ccc(-c3cc(Cl)ccc3C)o2)cc1Cl. The molecule has 4 aromatic rings. The van der Waals surface area contributed by atoms with Gasteiger partial charge in [-0.25, -0.2) is 0 Å². The highest BCUT2D eigenvalue weighted by Crippen LogP contribution is 2.44. The van der Waals surface area contributed by atoms with E-state index in [1.165, 1.54) is 0 Å². The van der Waals surface area contributed by atoms with Gasteiger partial charge in [-0.2, -0.15) is 0 Å². The highest BCUT2D eigenvalue weighted by Gasteiger charge is 2.42. The maximum atomic E-state index is 6.59. The largest absolute Gasteiger partial charge is 0.490 e. The molecule has 2 atom stereocenters. The Morgan fingerprint density at radius 1 is 1.05 bits per heavy atom. The summed E-state index contributed by atoms with van der Waals surface area (Å²) in [6.45, 7) is 2.90. The first-order valence-corrected chi connectivity index (χ1v) is 12.9. The molecule has 1 N–H and O–H groups in total. The van der Waals surface area contributed by atoms with Gasteiger partial charge in [0, 0.05) is 29.6 Å². The zero-order chi connectivity index (χ0) is 25.9. The standard InChI is InChI=1S/C28H25Cl2N3O3S/c1-17-6-7-18(29)15-20(17)23-10-11-25(36-23)27-26(22-5-3-4-12-31-22)32-28(37)33(27)19-8-9-24(21(30)16-19)35-14-13-34-2/h3-12,15-16,26-27H,13-14H2,1-2H3,(H,32,37). The Kier molecular flexibility index (Phi) is 7.67. The number of ether oxygens (including phenoxy) is 2. The first-order valence-electron chi connectivity index (χ1n) is 11.7. The van der Waals surface area contributed by atoms with Crippen LogP contribution in [0.25, 0.3) is 11.3 Å². The van der Waals surface area contributed by atoms with E-state index in [9.17, 15) is 0 Å². The van der Waals surface area contributed by atoms with Crippen LogP contribution in [0.3, 0.4) is 0 Å². The van der Waals surface area contributed by atoms with Gasteiger partial charge in [0.1, 0.15) is 29.9 Å². The number of anilines is 1. The molecule has 1 saturated heterocycles. The molecule has 0 aliphatic carbocycles. The molecule has 0 spiro atoms. The van der Waals surface area contributed by atoms with E-state index in [4.69, 9.17) is 49.3 Å². The molecule has 37 heavy (non-hydrogen) atoms. The van der Waals surface area contributed by atoms with Crippen LogP contribution in [0.2, 0.25) is 10.0 Å². The molecule has 190 valence electrons. The number of aromatic nitrogens is 1. The number of pyridine rings is 1. The molecule has 0 amide bonds. The Bertz CT molecular complexity index is 1410. The second kappa shape index (κ2) is 11.1. The number of hydrogen-bond donors (Lipinski definition) is 1. The van der Waals surface area contributed by atoms with E-state index in [0.717, 1.165) is 34.0 Å². The third-order valence-corrected chi connectivity index (χ3v) is 7.07. The van der Waals surface area contributed by atoms with Gasteiger partial charge >= 0.3 is 0 Å². The molecule has 2 aromatic heterocycles. The summed E-state index contributed by atoms with van der Waals surface area (Å²) in [6.07, 6.45) is 1.77. The molecule has 0 radical (unpaired) electrons. The van der Waals surface area contributed by atoms with Crippen molar-refractivity contribution < 1.29 is 13.9 Å². The van der Waals surface area contributed by atoms with Gasteiger partial charge in [0.15, 0.2) is 5.11 Å². The van der Waals surface area contributed by atoms with Crippen molar-refractivity contribution in [2.75, 3.05) is 25.2 Å². The lowest BCUT2D eigenvalue weighted by molar-refractivity contribution is 0.146. The number of hydrogen-bond acceptors (Lipinski definition) is 5. The summed E-state index contributed by atoms with van der Waals surface area (Å²) in [4.78, 5) is 6.60. The molecule has 2 aromatic carbocycles. The Morgan fingerprint density at radius 2 is 1.92 bits per heavy atom. The van der Waals surface area contributed by atoms with E-state index < -0.39 is 0 Å². The van der Waals surface area contributed by atoms with Crippen molar-refractivity contribution in [3.63, 3.8) is 0 Å². The highest BCUT2D eigenvalue weighted by atomic mass is 35.5. The molecule has 0 saturated carbocycles. The molecule has 0 bridgehead atoms. The van der Waals surface area contributed by atoms with Crippen molar-refractivity contribution in [2.45, 2.75) is 19.0 Å². The fourth-order valence-corrected chi connectivity index (χ4v) is 5.18. The molecule has 2 unspecified atom stereocenters. The molecular weight excluding hydrogens is 529 g/mol. The summed E-state index contributed by atoms with van der Waals surface area (Å²) in [5.41, 5.74) is 3.66. The Labute approximate surface area is 231 Å². The number of furan rings is 1.